The number of rotatable bonds is 2. The van der Waals surface area contributed by atoms with Crippen molar-refractivity contribution in [3.05, 3.63) is 29.8 Å². The van der Waals surface area contributed by atoms with Gasteiger partial charge < -0.3 is 9.47 Å². The fraction of sp³-hybridized carbons (Fsp3) is 0.462. The number of para-hydroxylation sites is 1. The van der Waals surface area contributed by atoms with Crippen LogP contribution < -0.4 is 4.74 Å². The highest BCUT2D eigenvalue weighted by Crippen LogP contribution is 2.30. The zero-order valence-corrected chi connectivity index (χ0v) is 10.4. The number of hydrogen-bond donors (Lipinski definition) is 0. The van der Waals surface area contributed by atoms with Gasteiger partial charge in [-0.1, -0.05) is 32.0 Å². The van der Waals surface area contributed by atoms with Crippen molar-refractivity contribution in [1.82, 2.24) is 0 Å². The lowest BCUT2D eigenvalue weighted by atomic mass is 10.1. The molecule has 16 heavy (non-hydrogen) atoms. The molecule has 1 unspecified atom stereocenters. The normalized spacial score (nSPS) is 18.0. The SMILES string of the molecule is CC.COc1ccccc1C1COC(C)=N1. The van der Waals surface area contributed by atoms with Crippen molar-refractivity contribution in [3.8, 4) is 5.75 Å². The minimum Gasteiger partial charge on any atom is -0.496 e. The summed E-state index contributed by atoms with van der Waals surface area (Å²) in [6.07, 6.45) is 0. The van der Waals surface area contributed by atoms with Crippen LogP contribution in [0.3, 0.4) is 0 Å². The van der Waals surface area contributed by atoms with Crippen LogP contribution in [0.2, 0.25) is 0 Å². The number of ether oxygens (including phenoxy) is 2. The van der Waals surface area contributed by atoms with Crippen LogP contribution in [0.5, 0.6) is 5.75 Å². The second kappa shape index (κ2) is 6.16. The fourth-order valence-corrected chi connectivity index (χ4v) is 1.59. The van der Waals surface area contributed by atoms with E-state index in [1.807, 2.05) is 45.0 Å². The Morgan fingerprint density at radius 1 is 1.31 bits per heavy atom. The molecule has 0 aliphatic carbocycles. The van der Waals surface area contributed by atoms with Crippen LogP contribution >= 0.6 is 0 Å². The summed E-state index contributed by atoms with van der Waals surface area (Å²) in [6.45, 7) is 6.49. The van der Waals surface area contributed by atoms with Crippen molar-refractivity contribution in [2.75, 3.05) is 13.7 Å². The van der Waals surface area contributed by atoms with Gasteiger partial charge in [-0.05, 0) is 6.07 Å². The summed E-state index contributed by atoms with van der Waals surface area (Å²) in [5, 5.41) is 0. The van der Waals surface area contributed by atoms with Gasteiger partial charge in [0.05, 0.1) is 7.11 Å². The Balaban J connectivity index is 0.000000606. The topological polar surface area (TPSA) is 30.8 Å². The van der Waals surface area contributed by atoms with Gasteiger partial charge in [-0.25, -0.2) is 4.99 Å². The molecule has 1 aliphatic heterocycles. The first kappa shape index (κ1) is 12.6. The highest BCUT2D eigenvalue weighted by atomic mass is 16.5. The van der Waals surface area contributed by atoms with Gasteiger partial charge >= 0.3 is 0 Å². The monoisotopic (exact) mass is 221 g/mol. The first-order valence-corrected chi connectivity index (χ1v) is 5.61. The highest BCUT2D eigenvalue weighted by molar-refractivity contribution is 5.75. The molecule has 88 valence electrons. The fourth-order valence-electron chi connectivity index (χ4n) is 1.59. The number of hydrogen-bond acceptors (Lipinski definition) is 3. The standard InChI is InChI=1S/C11H13NO2.C2H6/c1-8-12-10(7-14-8)9-5-3-4-6-11(9)13-2;1-2/h3-6,10H,7H2,1-2H3;1-2H3. The molecule has 1 aliphatic rings. The van der Waals surface area contributed by atoms with E-state index >= 15 is 0 Å². The number of nitrogens with zero attached hydrogens (tertiary/aromatic N) is 1. The van der Waals surface area contributed by atoms with Crippen molar-refractivity contribution >= 4 is 5.90 Å². The second-order valence-electron chi connectivity index (χ2n) is 3.22. The minimum absolute atomic E-state index is 0.0890. The summed E-state index contributed by atoms with van der Waals surface area (Å²) in [7, 11) is 1.67. The molecule has 1 aromatic rings. The Kier molecular flexibility index (Phi) is 4.83. The molecule has 3 nitrogen and oxygen atoms in total. The molecule has 0 radical (unpaired) electrons. The molecule has 0 aromatic heterocycles. The van der Waals surface area contributed by atoms with Gasteiger partial charge in [0, 0.05) is 12.5 Å². The van der Waals surface area contributed by atoms with E-state index in [2.05, 4.69) is 4.99 Å². The third kappa shape index (κ3) is 2.75. The molecule has 1 atom stereocenters. The van der Waals surface area contributed by atoms with Crippen LogP contribution in [-0.4, -0.2) is 19.6 Å². The minimum atomic E-state index is 0.0890. The summed E-state index contributed by atoms with van der Waals surface area (Å²) in [5.74, 6) is 1.63. The third-order valence-corrected chi connectivity index (χ3v) is 2.29. The summed E-state index contributed by atoms with van der Waals surface area (Å²) in [6, 6.07) is 7.99. The Hall–Kier alpha value is -1.51. The third-order valence-electron chi connectivity index (χ3n) is 2.29. The van der Waals surface area contributed by atoms with Crippen molar-refractivity contribution in [3.63, 3.8) is 0 Å². The first-order valence-electron chi connectivity index (χ1n) is 5.61. The van der Waals surface area contributed by atoms with Crippen LogP contribution in [-0.2, 0) is 4.74 Å². The molecular formula is C13H19NO2. The molecule has 0 saturated carbocycles. The smallest absolute Gasteiger partial charge is 0.180 e. The van der Waals surface area contributed by atoms with Crippen molar-refractivity contribution in [1.29, 1.82) is 0 Å². The summed E-state index contributed by atoms with van der Waals surface area (Å²) >= 11 is 0. The lowest BCUT2D eigenvalue weighted by Gasteiger charge is -2.10. The van der Waals surface area contributed by atoms with E-state index in [1.54, 1.807) is 7.11 Å². The Labute approximate surface area is 97.1 Å². The van der Waals surface area contributed by atoms with Gasteiger partial charge in [0.25, 0.3) is 0 Å². The van der Waals surface area contributed by atoms with Crippen molar-refractivity contribution in [2.24, 2.45) is 4.99 Å². The lowest BCUT2D eigenvalue weighted by molar-refractivity contribution is 0.312. The number of benzene rings is 1. The largest absolute Gasteiger partial charge is 0.496 e. The van der Waals surface area contributed by atoms with E-state index in [0.29, 0.717) is 6.61 Å². The molecule has 1 heterocycles. The molecule has 3 heteroatoms. The Morgan fingerprint density at radius 2 is 2.00 bits per heavy atom. The molecule has 2 rings (SSSR count). The lowest BCUT2D eigenvalue weighted by Crippen LogP contribution is -2.00. The van der Waals surface area contributed by atoms with Crippen LogP contribution in [0.15, 0.2) is 29.3 Å². The van der Waals surface area contributed by atoms with E-state index in [0.717, 1.165) is 17.2 Å². The molecule has 0 bridgehead atoms. The average molecular weight is 221 g/mol. The van der Waals surface area contributed by atoms with Crippen molar-refractivity contribution in [2.45, 2.75) is 26.8 Å². The molecule has 1 aromatic carbocycles. The maximum absolute atomic E-state index is 5.31. The van der Waals surface area contributed by atoms with Gasteiger partial charge in [-0.15, -0.1) is 0 Å². The van der Waals surface area contributed by atoms with Gasteiger partial charge in [-0.2, -0.15) is 0 Å². The zero-order chi connectivity index (χ0) is 12.0. The molecule has 0 spiro atoms. The highest BCUT2D eigenvalue weighted by Gasteiger charge is 2.20. The van der Waals surface area contributed by atoms with Crippen LogP contribution in [0.1, 0.15) is 32.4 Å². The van der Waals surface area contributed by atoms with E-state index in [-0.39, 0.29) is 6.04 Å². The first-order chi connectivity index (χ1) is 7.81. The van der Waals surface area contributed by atoms with Gasteiger partial charge in [0.1, 0.15) is 18.4 Å². The Bertz CT molecular complexity index is 361. The average Bonchev–Trinajstić information content (AvgIpc) is 2.78. The summed E-state index contributed by atoms with van der Waals surface area (Å²) < 4.78 is 10.6. The Morgan fingerprint density at radius 3 is 2.56 bits per heavy atom. The quantitative estimate of drug-likeness (QED) is 0.767. The summed E-state index contributed by atoms with van der Waals surface area (Å²) in [4.78, 5) is 4.38. The van der Waals surface area contributed by atoms with Crippen molar-refractivity contribution < 1.29 is 9.47 Å². The number of methoxy groups -OCH3 is 1. The molecule has 0 N–H and O–H groups in total. The van der Waals surface area contributed by atoms with E-state index < -0.39 is 0 Å². The van der Waals surface area contributed by atoms with Crippen LogP contribution in [0.4, 0.5) is 0 Å². The maximum Gasteiger partial charge on any atom is 0.180 e. The molecule has 0 amide bonds. The van der Waals surface area contributed by atoms with E-state index in [1.165, 1.54) is 0 Å². The van der Waals surface area contributed by atoms with E-state index in [9.17, 15) is 0 Å². The summed E-state index contributed by atoms with van der Waals surface area (Å²) in [5.41, 5.74) is 1.09. The molecular weight excluding hydrogens is 202 g/mol. The van der Waals surface area contributed by atoms with E-state index in [4.69, 9.17) is 9.47 Å². The zero-order valence-electron chi connectivity index (χ0n) is 10.4. The van der Waals surface area contributed by atoms with Gasteiger partial charge in [0.2, 0.25) is 0 Å². The predicted molar refractivity (Wildman–Crippen MR) is 66.1 cm³/mol. The van der Waals surface area contributed by atoms with Gasteiger partial charge in [0.15, 0.2) is 5.90 Å². The predicted octanol–water partition coefficient (Wildman–Crippen LogP) is 3.21. The molecule has 0 saturated heterocycles. The van der Waals surface area contributed by atoms with Crippen LogP contribution in [0.25, 0.3) is 0 Å². The molecule has 0 fully saturated rings. The second-order valence-corrected chi connectivity index (χ2v) is 3.22. The maximum atomic E-state index is 5.31. The van der Waals surface area contributed by atoms with Gasteiger partial charge in [-0.3, -0.25) is 0 Å². The van der Waals surface area contributed by atoms with Crippen LogP contribution in [0, 0.1) is 0 Å². The number of aliphatic imine (C=N–C) groups is 1.